The normalized spacial score (nSPS) is 17.1. The smallest absolute Gasteiger partial charge is 0.290 e. The maximum absolute atomic E-state index is 12.2. The first kappa shape index (κ1) is 10.8. The third-order valence-corrected chi connectivity index (χ3v) is 1.87. The molecule has 1 amide bonds. The predicted molar refractivity (Wildman–Crippen MR) is 43.8 cm³/mol. The van der Waals surface area contributed by atoms with E-state index in [9.17, 15) is 18.0 Å². The Bertz CT molecular complexity index is 304. The lowest BCUT2D eigenvalue weighted by atomic mass is 9.99. The lowest BCUT2D eigenvalue weighted by molar-refractivity contribution is -0.117. The Morgan fingerprint density at radius 2 is 2.14 bits per heavy atom. The van der Waals surface area contributed by atoms with Gasteiger partial charge in [0.2, 0.25) is 0 Å². The summed E-state index contributed by atoms with van der Waals surface area (Å²) < 4.78 is 36.7. The second-order valence-corrected chi connectivity index (χ2v) is 2.84. The molecule has 0 aliphatic heterocycles. The van der Waals surface area contributed by atoms with Gasteiger partial charge in [-0.25, -0.2) is 5.84 Å². The van der Waals surface area contributed by atoms with Crippen molar-refractivity contribution in [3.63, 3.8) is 0 Å². The molecule has 0 heterocycles. The minimum Gasteiger partial charge on any atom is -0.290 e. The number of amides is 1. The molecule has 0 aromatic heterocycles. The van der Waals surface area contributed by atoms with Crippen molar-refractivity contribution in [2.75, 3.05) is 0 Å². The molecule has 1 rings (SSSR count). The second kappa shape index (κ2) is 3.83. The van der Waals surface area contributed by atoms with E-state index >= 15 is 0 Å². The summed E-state index contributed by atoms with van der Waals surface area (Å²) in [5.41, 5.74) is 1.06. The fraction of sp³-hybridized carbons (Fsp3) is 0.375. The van der Waals surface area contributed by atoms with E-state index in [-0.39, 0.29) is 18.4 Å². The first-order valence-electron chi connectivity index (χ1n) is 3.94. The Morgan fingerprint density at radius 3 is 2.64 bits per heavy atom. The van der Waals surface area contributed by atoms with Crippen molar-refractivity contribution < 1.29 is 18.0 Å². The zero-order chi connectivity index (χ0) is 10.8. The van der Waals surface area contributed by atoms with Gasteiger partial charge in [-0.15, -0.1) is 0 Å². The fourth-order valence-electron chi connectivity index (χ4n) is 1.17. The van der Waals surface area contributed by atoms with Gasteiger partial charge in [-0.3, -0.25) is 10.2 Å². The van der Waals surface area contributed by atoms with Gasteiger partial charge in [0, 0.05) is 11.1 Å². The average Bonchev–Trinajstić information content (AvgIpc) is 2.15. The van der Waals surface area contributed by atoms with Crippen LogP contribution < -0.4 is 11.3 Å². The molecule has 14 heavy (non-hydrogen) atoms. The molecule has 0 spiro atoms. The predicted octanol–water partition coefficient (Wildman–Crippen LogP) is 1.19. The van der Waals surface area contributed by atoms with Crippen LogP contribution in [0.4, 0.5) is 13.2 Å². The average molecular weight is 206 g/mol. The summed E-state index contributed by atoms with van der Waals surface area (Å²) in [7, 11) is 0. The SMILES string of the molecule is NNC(=O)C1=CCCC(C(F)(F)F)=C1. The van der Waals surface area contributed by atoms with Crippen LogP contribution in [-0.2, 0) is 4.79 Å². The van der Waals surface area contributed by atoms with Crippen LogP contribution in [0.2, 0.25) is 0 Å². The number of hydrogen-bond acceptors (Lipinski definition) is 2. The van der Waals surface area contributed by atoms with Crippen LogP contribution in [0.25, 0.3) is 0 Å². The number of carbonyl (C=O) groups excluding carboxylic acids is 1. The lowest BCUT2D eigenvalue weighted by Gasteiger charge is -2.15. The number of rotatable bonds is 1. The van der Waals surface area contributed by atoms with Crippen molar-refractivity contribution in [3.8, 4) is 0 Å². The molecular formula is C8H9F3N2O. The topological polar surface area (TPSA) is 55.1 Å². The summed E-state index contributed by atoms with van der Waals surface area (Å²) in [6.07, 6.45) is -2.00. The summed E-state index contributed by atoms with van der Waals surface area (Å²) in [6, 6.07) is 0. The summed E-state index contributed by atoms with van der Waals surface area (Å²) in [5, 5.41) is 0. The van der Waals surface area contributed by atoms with Crippen molar-refractivity contribution in [1.29, 1.82) is 0 Å². The van der Waals surface area contributed by atoms with Gasteiger partial charge in [0.25, 0.3) is 5.91 Å². The Kier molecular flexibility index (Phi) is 2.95. The van der Waals surface area contributed by atoms with Crippen molar-refractivity contribution in [3.05, 3.63) is 23.3 Å². The van der Waals surface area contributed by atoms with E-state index in [1.165, 1.54) is 6.08 Å². The van der Waals surface area contributed by atoms with Crippen LogP contribution in [0, 0.1) is 0 Å². The Balaban J connectivity index is 2.88. The number of hydrazine groups is 1. The zero-order valence-electron chi connectivity index (χ0n) is 7.19. The highest BCUT2D eigenvalue weighted by Gasteiger charge is 2.34. The van der Waals surface area contributed by atoms with E-state index in [2.05, 4.69) is 0 Å². The summed E-state index contributed by atoms with van der Waals surface area (Å²) in [5.74, 6) is 4.10. The Morgan fingerprint density at radius 1 is 1.50 bits per heavy atom. The largest absolute Gasteiger partial charge is 0.412 e. The number of carbonyl (C=O) groups is 1. The van der Waals surface area contributed by atoms with Gasteiger partial charge < -0.3 is 0 Å². The number of alkyl halides is 3. The van der Waals surface area contributed by atoms with E-state index in [1.54, 1.807) is 5.43 Å². The molecule has 0 atom stereocenters. The van der Waals surface area contributed by atoms with Crippen LogP contribution in [0.3, 0.4) is 0 Å². The van der Waals surface area contributed by atoms with Gasteiger partial charge in [-0.2, -0.15) is 13.2 Å². The molecule has 3 nitrogen and oxygen atoms in total. The summed E-state index contributed by atoms with van der Waals surface area (Å²) in [4.78, 5) is 10.9. The quantitative estimate of drug-likeness (QED) is 0.384. The first-order valence-corrected chi connectivity index (χ1v) is 3.94. The summed E-state index contributed by atoms with van der Waals surface area (Å²) in [6.45, 7) is 0. The maximum Gasteiger partial charge on any atom is 0.412 e. The van der Waals surface area contributed by atoms with E-state index in [0.717, 1.165) is 6.08 Å². The van der Waals surface area contributed by atoms with Gasteiger partial charge in [-0.05, 0) is 18.9 Å². The molecule has 0 saturated carbocycles. The highest BCUT2D eigenvalue weighted by Crippen LogP contribution is 2.32. The van der Waals surface area contributed by atoms with Gasteiger partial charge in [0.1, 0.15) is 0 Å². The van der Waals surface area contributed by atoms with Gasteiger partial charge >= 0.3 is 6.18 Å². The molecule has 0 saturated heterocycles. The second-order valence-electron chi connectivity index (χ2n) is 2.84. The third kappa shape index (κ3) is 2.35. The molecule has 1 aliphatic carbocycles. The molecule has 0 bridgehead atoms. The van der Waals surface area contributed by atoms with Crippen LogP contribution in [0.5, 0.6) is 0 Å². The highest BCUT2D eigenvalue weighted by atomic mass is 19.4. The zero-order valence-corrected chi connectivity index (χ0v) is 7.19. The molecule has 0 aromatic rings. The number of nitrogens with one attached hydrogen (secondary N) is 1. The number of nitrogens with two attached hydrogens (primary N) is 1. The Labute approximate surface area is 78.4 Å². The molecule has 0 radical (unpaired) electrons. The van der Waals surface area contributed by atoms with Crippen LogP contribution in [0.15, 0.2) is 23.3 Å². The van der Waals surface area contributed by atoms with E-state index < -0.39 is 17.7 Å². The number of allylic oxidation sites excluding steroid dienone is 2. The van der Waals surface area contributed by atoms with Crippen molar-refractivity contribution in [2.24, 2.45) is 5.84 Å². The lowest BCUT2D eigenvalue weighted by Crippen LogP contribution is -2.31. The van der Waals surface area contributed by atoms with Gasteiger partial charge in [0.15, 0.2) is 0 Å². The minimum absolute atomic E-state index is 0.0360. The minimum atomic E-state index is -4.37. The standard InChI is InChI=1S/C8H9F3N2O/c9-8(10,11)6-3-1-2-5(4-6)7(14)13-12/h2,4H,1,3,12H2,(H,13,14). The molecule has 6 heteroatoms. The number of hydrogen-bond donors (Lipinski definition) is 2. The molecule has 0 fully saturated rings. The fourth-order valence-corrected chi connectivity index (χ4v) is 1.17. The van der Waals surface area contributed by atoms with Crippen molar-refractivity contribution in [2.45, 2.75) is 19.0 Å². The Hall–Kier alpha value is -1.30. The molecule has 0 aromatic carbocycles. The third-order valence-electron chi connectivity index (χ3n) is 1.87. The van der Waals surface area contributed by atoms with E-state index in [0.29, 0.717) is 0 Å². The molecule has 78 valence electrons. The van der Waals surface area contributed by atoms with Crippen LogP contribution in [-0.4, -0.2) is 12.1 Å². The van der Waals surface area contributed by atoms with E-state index in [4.69, 9.17) is 5.84 Å². The molecule has 0 unspecified atom stereocenters. The number of halogens is 3. The van der Waals surface area contributed by atoms with Crippen molar-refractivity contribution >= 4 is 5.91 Å². The maximum atomic E-state index is 12.2. The van der Waals surface area contributed by atoms with Crippen molar-refractivity contribution in [1.82, 2.24) is 5.43 Å². The molecular weight excluding hydrogens is 197 g/mol. The first-order chi connectivity index (χ1) is 6.45. The highest BCUT2D eigenvalue weighted by molar-refractivity contribution is 5.96. The molecule has 3 N–H and O–H groups in total. The monoisotopic (exact) mass is 206 g/mol. The van der Waals surface area contributed by atoms with Gasteiger partial charge in [0.05, 0.1) is 0 Å². The van der Waals surface area contributed by atoms with Gasteiger partial charge in [-0.1, -0.05) is 6.08 Å². The summed E-state index contributed by atoms with van der Waals surface area (Å²) >= 11 is 0. The van der Waals surface area contributed by atoms with Crippen LogP contribution in [0.1, 0.15) is 12.8 Å². The van der Waals surface area contributed by atoms with E-state index in [1.807, 2.05) is 0 Å². The van der Waals surface area contributed by atoms with Crippen LogP contribution >= 0.6 is 0 Å². The molecule has 1 aliphatic rings.